The first-order valence-electron chi connectivity index (χ1n) is 10.00. The minimum Gasteiger partial charge on any atom is -0.323 e. The molecule has 0 fully saturated rings. The first-order valence-corrected chi connectivity index (χ1v) is 10.00. The number of aryl methyl sites for hydroxylation is 1. The highest BCUT2D eigenvalue weighted by Crippen LogP contribution is 2.25. The van der Waals surface area contributed by atoms with Crippen molar-refractivity contribution in [2.75, 3.05) is 0 Å². The molecule has 3 aromatic carbocycles. The van der Waals surface area contributed by atoms with Crippen molar-refractivity contribution in [3.05, 3.63) is 111 Å². The summed E-state index contributed by atoms with van der Waals surface area (Å²) in [5.74, 6) is -1.20. The number of imidazole rings is 1. The van der Waals surface area contributed by atoms with Crippen molar-refractivity contribution in [2.45, 2.75) is 19.9 Å². The Morgan fingerprint density at radius 1 is 0.968 bits per heavy atom. The van der Waals surface area contributed by atoms with Crippen molar-refractivity contribution >= 4 is 21.9 Å². The lowest BCUT2D eigenvalue weighted by molar-refractivity contribution is 0.515. The van der Waals surface area contributed by atoms with Crippen LogP contribution in [0.25, 0.3) is 21.9 Å². The SMILES string of the molecule is Cc1ccccc1Cc1nc2ccccc2n1Cc1cc(=O)[nH]c2c(F)c(F)ccc12. The molecule has 4 nitrogen and oxygen atoms in total. The fourth-order valence-electron chi connectivity index (χ4n) is 4.05. The predicted molar refractivity (Wildman–Crippen MR) is 117 cm³/mol. The number of hydrogen-bond donors (Lipinski definition) is 1. The van der Waals surface area contributed by atoms with E-state index in [4.69, 9.17) is 4.98 Å². The summed E-state index contributed by atoms with van der Waals surface area (Å²) >= 11 is 0. The van der Waals surface area contributed by atoms with E-state index in [1.165, 1.54) is 17.7 Å². The van der Waals surface area contributed by atoms with Crippen molar-refractivity contribution in [3.63, 3.8) is 0 Å². The quantitative estimate of drug-likeness (QED) is 0.444. The van der Waals surface area contributed by atoms with E-state index in [0.29, 0.717) is 23.9 Å². The molecule has 0 aliphatic heterocycles. The van der Waals surface area contributed by atoms with Gasteiger partial charge in [0.2, 0.25) is 5.56 Å². The second-order valence-electron chi connectivity index (χ2n) is 7.65. The van der Waals surface area contributed by atoms with Gasteiger partial charge in [0.15, 0.2) is 11.6 Å². The maximum absolute atomic E-state index is 14.3. The number of nitrogens with one attached hydrogen (secondary N) is 1. The van der Waals surface area contributed by atoms with Gasteiger partial charge in [0, 0.05) is 17.9 Å². The Hall–Kier alpha value is -3.80. The lowest BCUT2D eigenvalue weighted by atomic mass is 10.1. The third-order valence-electron chi connectivity index (χ3n) is 5.67. The van der Waals surface area contributed by atoms with Crippen molar-refractivity contribution in [2.24, 2.45) is 0 Å². The summed E-state index contributed by atoms with van der Waals surface area (Å²) in [4.78, 5) is 19.5. The Morgan fingerprint density at radius 2 is 1.74 bits per heavy atom. The number of para-hydroxylation sites is 2. The van der Waals surface area contributed by atoms with Crippen LogP contribution in [-0.2, 0) is 13.0 Å². The van der Waals surface area contributed by atoms with Crippen LogP contribution in [0.3, 0.4) is 0 Å². The minimum atomic E-state index is -1.05. The lowest BCUT2D eigenvalue weighted by Crippen LogP contribution is -2.12. The van der Waals surface area contributed by atoms with Crippen molar-refractivity contribution in [1.82, 2.24) is 14.5 Å². The van der Waals surface area contributed by atoms with Gasteiger partial charge in [-0.3, -0.25) is 4.79 Å². The Bertz CT molecular complexity index is 1500. The maximum Gasteiger partial charge on any atom is 0.248 e. The molecule has 0 atom stereocenters. The van der Waals surface area contributed by atoms with Gasteiger partial charge in [0.25, 0.3) is 0 Å². The Kier molecular flexibility index (Phi) is 4.62. The zero-order valence-electron chi connectivity index (χ0n) is 16.8. The molecule has 0 bridgehead atoms. The summed E-state index contributed by atoms with van der Waals surface area (Å²) in [6.07, 6.45) is 0.617. The maximum atomic E-state index is 14.3. The Morgan fingerprint density at radius 3 is 2.58 bits per heavy atom. The number of rotatable bonds is 4. The average Bonchev–Trinajstić information content (AvgIpc) is 3.10. The van der Waals surface area contributed by atoms with E-state index >= 15 is 0 Å². The van der Waals surface area contributed by atoms with E-state index in [2.05, 4.69) is 24.0 Å². The monoisotopic (exact) mass is 415 g/mol. The molecular weight excluding hydrogens is 396 g/mol. The molecular formula is C25H19F2N3O. The summed E-state index contributed by atoms with van der Waals surface area (Å²) in [5.41, 5.74) is 4.10. The summed E-state index contributed by atoms with van der Waals surface area (Å²) < 4.78 is 30.1. The predicted octanol–water partition coefficient (Wildman–Crippen LogP) is 5.10. The molecule has 2 aromatic heterocycles. The van der Waals surface area contributed by atoms with Crippen LogP contribution in [-0.4, -0.2) is 14.5 Å². The van der Waals surface area contributed by atoms with Crippen LogP contribution in [0, 0.1) is 18.6 Å². The molecule has 0 aliphatic carbocycles. The minimum absolute atomic E-state index is 0.118. The van der Waals surface area contributed by atoms with Crippen LogP contribution in [0.15, 0.2) is 71.5 Å². The van der Waals surface area contributed by atoms with Gasteiger partial charge in [-0.25, -0.2) is 13.8 Å². The molecule has 0 radical (unpaired) electrons. The van der Waals surface area contributed by atoms with E-state index in [0.717, 1.165) is 28.5 Å². The van der Waals surface area contributed by atoms with Gasteiger partial charge in [0.05, 0.1) is 23.1 Å². The Balaban J connectivity index is 1.69. The van der Waals surface area contributed by atoms with Crippen LogP contribution in [0.1, 0.15) is 22.5 Å². The molecule has 0 amide bonds. The topological polar surface area (TPSA) is 50.7 Å². The lowest BCUT2D eigenvalue weighted by Gasteiger charge is -2.13. The van der Waals surface area contributed by atoms with Gasteiger partial charge < -0.3 is 9.55 Å². The van der Waals surface area contributed by atoms with Crippen LogP contribution in [0.4, 0.5) is 8.78 Å². The number of hydrogen-bond acceptors (Lipinski definition) is 2. The molecule has 6 heteroatoms. The standard InChI is InChI=1S/C25H19F2N3O/c1-15-6-2-3-7-16(15)12-22-28-20-8-4-5-9-21(20)30(22)14-17-13-23(31)29-25-18(17)10-11-19(26)24(25)27/h2-11,13H,12,14H2,1H3,(H,29,31). The molecule has 0 saturated carbocycles. The fraction of sp³-hybridized carbons (Fsp3) is 0.120. The number of nitrogens with zero attached hydrogens (tertiary/aromatic N) is 2. The first-order chi connectivity index (χ1) is 15.0. The van der Waals surface area contributed by atoms with Crippen LogP contribution >= 0.6 is 0 Å². The molecule has 1 N–H and O–H groups in total. The molecule has 2 heterocycles. The largest absolute Gasteiger partial charge is 0.323 e. The van der Waals surface area contributed by atoms with Gasteiger partial charge in [0.1, 0.15) is 5.82 Å². The third-order valence-corrected chi connectivity index (χ3v) is 5.67. The van der Waals surface area contributed by atoms with Crippen LogP contribution < -0.4 is 5.56 Å². The second kappa shape index (κ2) is 7.47. The van der Waals surface area contributed by atoms with Gasteiger partial charge in [-0.2, -0.15) is 0 Å². The van der Waals surface area contributed by atoms with Gasteiger partial charge in [-0.05, 0) is 47.9 Å². The highest BCUT2D eigenvalue weighted by atomic mass is 19.2. The zero-order valence-corrected chi connectivity index (χ0v) is 16.8. The molecule has 5 aromatic rings. The number of aromatic amines is 1. The number of halogens is 2. The molecule has 5 rings (SSSR count). The molecule has 31 heavy (non-hydrogen) atoms. The number of pyridine rings is 1. The number of fused-ring (bicyclic) bond motifs is 2. The average molecular weight is 415 g/mol. The number of benzene rings is 3. The second-order valence-corrected chi connectivity index (χ2v) is 7.65. The van der Waals surface area contributed by atoms with Gasteiger partial charge in [-0.1, -0.05) is 36.4 Å². The van der Waals surface area contributed by atoms with E-state index in [9.17, 15) is 13.6 Å². The highest BCUT2D eigenvalue weighted by molar-refractivity contribution is 5.83. The van der Waals surface area contributed by atoms with Crippen LogP contribution in [0.5, 0.6) is 0 Å². The van der Waals surface area contributed by atoms with Gasteiger partial charge >= 0.3 is 0 Å². The van der Waals surface area contributed by atoms with E-state index in [-0.39, 0.29) is 5.52 Å². The molecule has 0 aliphatic rings. The van der Waals surface area contributed by atoms with E-state index < -0.39 is 17.2 Å². The Labute approximate surface area is 176 Å². The fourth-order valence-corrected chi connectivity index (χ4v) is 4.05. The highest BCUT2D eigenvalue weighted by Gasteiger charge is 2.16. The normalized spacial score (nSPS) is 11.5. The molecule has 0 saturated heterocycles. The van der Waals surface area contributed by atoms with E-state index in [1.807, 2.05) is 41.0 Å². The summed E-state index contributed by atoms with van der Waals surface area (Å²) in [5, 5.41) is 0.470. The molecule has 0 spiro atoms. The van der Waals surface area contributed by atoms with Crippen LogP contribution in [0.2, 0.25) is 0 Å². The zero-order chi connectivity index (χ0) is 21.5. The van der Waals surface area contributed by atoms with E-state index in [1.54, 1.807) is 0 Å². The van der Waals surface area contributed by atoms with Crippen molar-refractivity contribution < 1.29 is 8.78 Å². The summed E-state index contributed by atoms with van der Waals surface area (Å²) in [6.45, 7) is 2.37. The summed E-state index contributed by atoms with van der Waals surface area (Å²) in [6, 6.07) is 19.9. The van der Waals surface area contributed by atoms with Crippen molar-refractivity contribution in [1.29, 1.82) is 0 Å². The number of H-pyrrole nitrogens is 1. The first kappa shape index (κ1) is 19.2. The smallest absolute Gasteiger partial charge is 0.248 e. The third kappa shape index (κ3) is 3.40. The van der Waals surface area contributed by atoms with Crippen molar-refractivity contribution in [3.8, 4) is 0 Å². The summed E-state index contributed by atoms with van der Waals surface area (Å²) in [7, 11) is 0. The molecule has 0 unspecified atom stereocenters. The number of aromatic nitrogens is 3. The molecule has 154 valence electrons. The van der Waals surface area contributed by atoms with Gasteiger partial charge in [-0.15, -0.1) is 0 Å².